The molecule has 0 saturated carbocycles. The molecule has 0 bridgehead atoms. The van der Waals surface area contributed by atoms with Gasteiger partial charge in [0.05, 0.1) is 0 Å². The van der Waals surface area contributed by atoms with E-state index < -0.39 is 6.10 Å². The Bertz CT molecular complexity index is 1440. The number of esters is 3. The van der Waals surface area contributed by atoms with E-state index in [1.807, 2.05) is 0 Å². The monoisotopic (exact) mass is 927 g/mol. The van der Waals surface area contributed by atoms with Gasteiger partial charge in [0.1, 0.15) is 13.2 Å². The minimum absolute atomic E-state index is 0.116. The number of rotatable bonds is 47. The molecule has 0 radical (unpaired) electrons. The average molecular weight is 927 g/mol. The summed E-state index contributed by atoms with van der Waals surface area (Å²) in [5.74, 6) is -1.01. The molecule has 0 aromatic carbocycles. The standard InChI is InChI=1S/C61H98O6/c1-4-7-10-13-16-19-22-25-27-29-30-32-33-36-39-42-45-48-51-54-60(63)66-57-58(56-65-59(62)53-50-47-44-41-38-35-24-21-18-15-12-9-6-3)67-61(64)55-52-49-46-43-40-37-34-31-28-26-23-20-17-14-11-8-5-2/h7,9-10,12,15-16,18-19,21,24-28,30,32,34,37,43,46,58H,4-6,8,11,13-14,17,20,22-23,29,31,33,35-36,38-42,44-45,47-57H2,1-3H3/b10-7+,12-9+,18-15+,19-16+,24-21+,27-25+,28-26+,32-30+,37-34+,46-43+. The predicted molar refractivity (Wildman–Crippen MR) is 288 cm³/mol. The van der Waals surface area contributed by atoms with Crippen molar-refractivity contribution < 1.29 is 28.6 Å². The molecule has 0 amide bonds. The summed E-state index contributed by atoms with van der Waals surface area (Å²) in [5, 5.41) is 0. The molecule has 1 unspecified atom stereocenters. The van der Waals surface area contributed by atoms with Crippen LogP contribution in [0.4, 0.5) is 0 Å². The number of carbonyl (C=O) groups excluding carboxylic acids is 3. The fourth-order valence-electron chi connectivity index (χ4n) is 6.98. The Hall–Kier alpha value is -4.19. The first-order chi connectivity index (χ1) is 33.0. The van der Waals surface area contributed by atoms with Crippen molar-refractivity contribution in [2.24, 2.45) is 0 Å². The first-order valence-electron chi connectivity index (χ1n) is 27.1. The Morgan fingerprint density at radius 1 is 0.328 bits per heavy atom. The maximum atomic E-state index is 12.8. The smallest absolute Gasteiger partial charge is 0.306 e. The van der Waals surface area contributed by atoms with Crippen LogP contribution < -0.4 is 0 Å². The molecule has 6 nitrogen and oxygen atoms in total. The van der Waals surface area contributed by atoms with Crippen LogP contribution in [0.5, 0.6) is 0 Å². The van der Waals surface area contributed by atoms with Crippen molar-refractivity contribution in [1.29, 1.82) is 0 Å². The van der Waals surface area contributed by atoms with Gasteiger partial charge < -0.3 is 14.2 Å². The van der Waals surface area contributed by atoms with Gasteiger partial charge in [-0.2, -0.15) is 0 Å². The number of carbonyl (C=O) groups is 3. The third-order valence-electron chi connectivity index (χ3n) is 11.0. The molecular formula is C61H98O6. The molecule has 0 spiro atoms. The number of hydrogen-bond donors (Lipinski definition) is 0. The molecule has 0 aromatic rings. The molecule has 0 saturated heterocycles. The first-order valence-corrected chi connectivity index (χ1v) is 27.1. The van der Waals surface area contributed by atoms with Crippen LogP contribution in [0.1, 0.15) is 226 Å². The molecule has 0 aliphatic rings. The van der Waals surface area contributed by atoms with Crippen molar-refractivity contribution in [2.75, 3.05) is 13.2 Å². The number of ether oxygens (including phenoxy) is 3. The van der Waals surface area contributed by atoms with Gasteiger partial charge >= 0.3 is 17.9 Å². The van der Waals surface area contributed by atoms with Gasteiger partial charge in [-0.25, -0.2) is 0 Å². The second kappa shape index (κ2) is 54.4. The zero-order chi connectivity index (χ0) is 48.6. The molecule has 0 aliphatic heterocycles. The minimum Gasteiger partial charge on any atom is -0.462 e. The highest BCUT2D eigenvalue weighted by molar-refractivity contribution is 5.71. The van der Waals surface area contributed by atoms with Crippen molar-refractivity contribution in [3.05, 3.63) is 122 Å². The van der Waals surface area contributed by atoms with Crippen molar-refractivity contribution in [2.45, 2.75) is 232 Å². The summed E-state index contributed by atoms with van der Waals surface area (Å²) in [6, 6.07) is 0. The summed E-state index contributed by atoms with van der Waals surface area (Å²) in [5.41, 5.74) is 0. The van der Waals surface area contributed by atoms with Gasteiger partial charge in [-0.3, -0.25) is 14.4 Å². The fourth-order valence-corrected chi connectivity index (χ4v) is 6.98. The van der Waals surface area contributed by atoms with E-state index >= 15 is 0 Å². The zero-order valence-corrected chi connectivity index (χ0v) is 43.1. The van der Waals surface area contributed by atoms with Gasteiger partial charge in [0.2, 0.25) is 0 Å². The summed E-state index contributed by atoms with van der Waals surface area (Å²) in [6.07, 6.45) is 74.7. The van der Waals surface area contributed by atoms with Gasteiger partial charge in [0, 0.05) is 19.3 Å². The van der Waals surface area contributed by atoms with Crippen LogP contribution in [0.3, 0.4) is 0 Å². The van der Waals surface area contributed by atoms with Crippen molar-refractivity contribution in [3.8, 4) is 0 Å². The van der Waals surface area contributed by atoms with E-state index in [2.05, 4.69) is 142 Å². The lowest BCUT2D eigenvalue weighted by Crippen LogP contribution is -2.30. The molecule has 0 fully saturated rings. The molecule has 6 heteroatoms. The Morgan fingerprint density at radius 2 is 0.672 bits per heavy atom. The Morgan fingerprint density at radius 3 is 1.12 bits per heavy atom. The normalized spacial score (nSPS) is 13.1. The Balaban J connectivity index is 4.52. The van der Waals surface area contributed by atoms with E-state index in [1.165, 1.54) is 57.8 Å². The lowest BCUT2D eigenvalue weighted by atomic mass is 10.1. The zero-order valence-electron chi connectivity index (χ0n) is 43.1. The predicted octanol–water partition coefficient (Wildman–Crippen LogP) is 18.1. The SMILES string of the molecule is CC/C=C/C=C/C=C/CCCCCCCC(=O)OCC(COC(=O)CCCCCCCC/C=C/C/C=C/C/C=C/C/C=C/CC)OC(=O)CCC/C=C/C/C=C/C/C=C/CCCCCCCC. The van der Waals surface area contributed by atoms with Gasteiger partial charge in [-0.1, -0.05) is 219 Å². The number of hydrogen-bond acceptors (Lipinski definition) is 6. The van der Waals surface area contributed by atoms with Crippen LogP contribution >= 0.6 is 0 Å². The molecule has 0 N–H and O–H groups in total. The Kier molecular flexibility index (Phi) is 51.0. The molecule has 0 rings (SSSR count). The number of unbranched alkanes of at least 4 members (excludes halogenated alkanes) is 18. The average Bonchev–Trinajstić information content (AvgIpc) is 3.33. The van der Waals surface area contributed by atoms with Crippen LogP contribution in [-0.4, -0.2) is 37.2 Å². The molecular weight excluding hydrogens is 829 g/mol. The van der Waals surface area contributed by atoms with E-state index in [-0.39, 0.29) is 37.5 Å². The maximum absolute atomic E-state index is 12.8. The maximum Gasteiger partial charge on any atom is 0.306 e. The molecule has 0 heterocycles. The van der Waals surface area contributed by atoms with Crippen LogP contribution in [0.25, 0.3) is 0 Å². The summed E-state index contributed by atoms with van der Waals surface area (Å²) in [6.45, 7) is 6.30. The van der Waals surface area contributed by atoms with Crippen molar-refractivity contribution in [1.82, 2.24) is 0 Å². The fraction of sp³-hybridized carbons (Fsp3) is 0.623. The van der Waals surface area contributed by atoms with E-state index in [0.717, 1.165) is 122 Å². The Labute approximate surface area is 412 Å². The van der Waals surface area contributed by atoms with Crippen LogP contribution in [0, 0.1) is 0 Å². The third kappa shape index (κ3) is 52.6. The highest BCUT2D eigenvalue weighted by atomic mass is 16.6. The lowest BCUT2D eigenvalue weighted by molar-refractivity contribution is -0.167. The van der Waals surface area contributed by atoms with Crippen LogP contribution in [0.2, 0.25) is 0 Å². The molecule has 0 aromatic heterocycles. The first kappa shape index (κ1) is 62.8. The van der Waals surface area contributed by atoms with Gasteiger partial charge in [0.15, 0.2) is 6.10 Å². The molecule has 1 atom stereocenters. The highest BCUT2D eigenvalue weighted by Gasteiger charge is 2.19. The summed E-state index contributed by atoms with van der Waals surface area (Å²) < 4.78 is 16.7. The largest absolute Gasteiger partial charge is 0.462 e. The summed E-state index contributed by atoms with van der Waals surface area (Å²) >= 11 is 0. The van der Waals surface area contributed by atoms with Crippen molar-refractivity contribution >= 4 is 17.9 Å². The second-order valence-corrected chi connectivity index (χ2v) is 17.4. The lowest BCUT2D eigenvalue weighted by Gasteiger charge is -2.18. The third-order valence-corrected chi connectivity index (χ3v) is 11.0. The second-order valence-electron chi connectivity index (χ2n) is 17.4. The van der Waals surface area contributed by atoms with Gasteiger partial charge in [0.25, 0.3) is 0 Å². The van der Waals surface area contributed by atoms with Crippen molar-refractivity contribution in [3.63, 3.8) is 0 Å². The van der Waals surface area contributed by atoms with Crippen LogP contribution in [-0.2, 0) is 28.6 Å². The van der Waals surface area contributed by atoms with E-state index in [1.54, 1.807) is 0 Å². The van der Waals surface area contributed by atoms with Gasteiger partial charge in [-0.15, -0.1) is 0 Å². The summed E-state index contributed by atoms with van der Waals surface area (Å²) in [7, 11) is 0. The van der Waals surface area contributed by atoms with E-state index in [4.69, 9.17) is 14.2 Å². The van der Waals surface area contributed by atoms with E-state index in [0.29, 0.717) is 19.3 Å². The summed E-state index contributed by atoms with van der Waals surface area (Å²) in [4.78, 5) is 38.0. The van der Waals surface area contributed by atoms with Crippen LogP contribution in [0.15, 0.2) is 122 Å². The molecule has 378 valence electrons. The topological polar surface area (TPSA) is 78.9 Å². The quantitative estimate of drug-likeness (QED) is 0.0199. The van der Waals surface area contributed by atoms with E-state index in [9.17, 15) is 14.4 Å². The minimum atomic E-state index is -0.823. The highest BCUT2D eigenvalue weighted by Crippen LogP contribution is 2.13. The molecule has 67 heavy (non-hydrogen) atoms. The molecule has 0 aliphatic carbocycles. The van der Waals surface area contributed by atoms with Gasteiger partial charge in [-0.05, 0) is 109 Å². The number of allylic oxidation sites excluding steroid dienone is 20.